The molecule has 2 nitrogen and oxygen atoms in total. The zero-order chi connectivity index (χ0) is 11.6. The molecule has 0 aromatic heterocycles. The van der Waals surface area contributed by atoms with Crippen molar-refractivity contribution in [3.63, 3.8) is 0 Å². The molecule has 1 aromatic rings. The van der Waals surface area contributed by atoms with Gasteiger partial charge < -0.3 is 10.8 Å². The van der Waals surface area contributed by atoms with Gasteiger partial charge in [-0.05, 0) is 38.5 Å². The smallest absolute Gasteiger partial charge is 0.125 e. The second-order valence-electron chi connectivity index (χ2n) is 4.00. The summed E-state index contributed by atoms with van der Waals surface area (Å²) in [6.45, 7) is 4.89. The Balaban J connectivity index is 3.20. The van der Waals surface area contributed by atoms with Gasteiger partial charge in [0.15, 0.2) is 0 Å². The van der Waals surface area contributed by atoms with Crippen LogP contribution in [0.2, 0.25) is 0 Å². The van der Waals surface area contributed by atoms with Crippen LogP contribution in [0, 0.1) is 24.6 Å². The molecule has 0 fully saturated rings. The van der Waals surface area contributed by atoms with E-state index in [0.29, 0.717) is 16.8 Å². The lowest BCUT2D eigenvalue weighted by Crippen LogP contribution is -2.14. The fourth-order valence-corrected chi connectivity index (χ4v) is 1.16. The molecule has 0 atom stereocenters. The maximum absolute atomic E-state index is 12.9. The molecular weight excluding hydrogens is 193 g/mol. The van der Waals surface area contributed by atoms with E-state index in [4.69, 9.17) is 5.73 Å². The van der Waals surface area contributed by atoms with Gasteiger partial charge >= 0.3 is 0 Å². The van der Waals surface area contributed by atoms with Gasteiger partial charge in [0, 0.05) is 0 Å². The highest BCUT2D eigenvalue weighted by Crippen LogP contribution is 2.17. The van der Waals surface area contributed by atoms with Crippen molar-refractivity contribution in [2.75, 3.05) is 5.73 Å². The third-order valence-electron chi connectivity index (χ3n) is 1.82. The Kier molecular flexibility index (Phi) is 3.01. The standard InChI is InChI=1S/C12H14FNO/c1-8-6-9(13)7-11(14)10(8)4-5-12(2,3)15/h6-7,15H,14H2,1-3H3. The van der Waals surface area contributed by atoms with E-state index < -0.39 is 5.60 Å². The van der Waals surface area contributed by atoms with Crippen LogP contribution in [0.1, 0.15) is 25.0 Å². The first kappa shape index (κ1) is 11.5. The summed E-state index contributed by atoms with van der Waals surface area (Å²) < 4.78 is 12.9. The molecule has 0 saturated heterocycles. The number of aryl methyl sites for hydroxylation is 1. The van der Waals surface area contributed by atoms with Crippen molar-refractivity contribution in [1.82, 2.24) is 0 Å². The molecule has 0 heterocycles. The molecule has 0 saturated carbocycles. The predicted molar refractivity (Wildman–Crippen MR) is 58.7 cm³/mol. The number of nitrogens with two attached hydrogens (primary N) is 1. The van der Waals surface area contributed by atoms with Gasteiger partial charge in [0.1, 0.15) is 11.4 Å². The summed E-state index contributed by atoms with van der Waals surface area (Å²) in [4.78, 5) is 0. The molecule has 0 aliphatic rings. The van der Waals surface area contributed by atoms with Crippen LogP contribution >= 0.6 is 0 Å². The zero-order valence-corrected chi connectivity index (χ0v) is 9.06. The highest BCUT2D eigenvalue weighted by molar-refractivity contribution is 5.59. The van der Waals surface area contributed by atoms with Crippen molar-refractivity contribution in [2.45, 2.75) is 26.4 Å². The molecule has 3 heteroatoms. The van der Waals surface area contributed by atoms with Crippen molar-refractivity contribution in [3.8, 4) is 11.8 Å². The Bertz CT molecular complexity index is 412. The minimum atomic E-state index is -1.08. The van der Waals surface area contributed by atoms with Gasteiger partial charge in [-0.3, -0.25) is 0 Å². The number of benzene rings is 1. The highest BCUT2D eigenvalue weighted by atomic mass is 19.1. The molecule has 3 N–H and O–H groups in total. The van der Waals surface area contributed by atoms with E-state index in [9.17, 15) is 9.50 Å². The predicted octanol–water partition coefficient (Wildman–Crippen LogP) is 1.84. The molecule has 0 radical (unpaired) electrons. The second-order valence-corrected chi connectivity index (χ2v) is 4.00. The van der Waals surface area contributed by atoms with Gasteiger partial charge in [0.25, 0.3) is 0 Å². The molecule has 0 aliphatic carbocycles. The maximum Gasteiger partial charge on any atom is 0.125 e. The number of hydrogen-bond donors (Lipinski definition) is 2. The Morgan fingerprint density at radius 3 is 2.47 bits per heavy atom. The number of nitrogen functional groups attached to an aromatic ring is 1. The minimum absolute atomic E-state index is 0.296. The van der Waals surface area contributed by atoms with Crippen LogP contribution < -0.4 is 5.73 Å². The lowest BCUT2D eigenvalue weighted by molar-refractivity contribution is 0.143. The van der Waals surface area contributed by atoms with Crippen molar-refractivity contribution in [1.29, 1.82) is 0 Å². The van der Waals surface area contributed by atoms with Crippen LogP contribution in [0.3, 0.4) is 0 Å². The normalized spacial score (nSPS) is 10.7. The van der Waals surface area contributed by atoms with Crippen LogP contribution in [-0.4, -0.2) is 10.7 Å². The Morgan fingerprint density at radius 2 is 2.00 bits per heavy atom. The quantitative estimate of drug-likeness (QED) is 0.503. The van der Waals surface area contributed by atoms with Crippen molar-refractivity contribution in [2.24, 2.45) is 0 Å². The first-order chi connectivity index (χ1) is 6.79. The second kappa shape index (κ2) is 3.92. The van der Waals surface area contributed by atoms with Crippen LogP contribution in [0.5, 0.6) is 0 Å². The van der Waals surface area contributed by atoms with Crippen LogP contribution in [0.15, 0.2) is 12.1 Å². The van der Waals surface area contributed by atoms with E-state index in [1.165, 1.54) is 12.1 Å². The van der Waals surface area contributed by atoms with Crippen LogP contribution in [0.25, 0.3) is 0 Å². The van der Waals surface area contributed by atoms with E-state index in [1.807, 2.05) is 0 Å². The molecule has 15 heavy (non-hydrogen) atoms. The summed E-state index contributed by atoms with van der Waals surface area (Å²) in [5, 5.41) is 9.43. The van der Waals surface area contributed by atoms with E-state index in [0.717, 1.165) is 0 Å². The summed E-state index contributed by atoms with van der Waals surface area (Å²) in [5.74, 6) is 5.02. The number of rotatable bonds is 0. The van der Waals surface area contributed by atoms with Crippen molar-refractivity contribution < 1.29 is 9.50 Å². The summed E-state index contributed by atoms with van der Waals surface area (Å²) in [6, 6.07) is 2.59. The molecule has 1 aromatic carbocycles. The topological polar surface area (TPSA) is 46.2 Å². The summed E-state index contributed by atoms with van der Waals surface area (Å²) in [6.07, 6.45) is 0. The minimum Gasteiger partial charge on any atom is -0.398 e. The maximum atomic E-state index is 12.9. The van der Waals surface area contributed by atoms with Gasteiger partial charge in [0.05, 0.1) is 11.3 Å². The van der Waals surface area contributed by atoms with E-state index in [1.54, 1.807) is 20.8 Å². The highest BCUT2D eigenvalue weighted by Gasteiger charge is 2.08. The Labute approximate surface area is 88.9 Å². The molecule has 0 aliphatic heterocycles. The monoisotopic (exact) mass is 207 g/mol. The lowest BCUT2D eigenvalue weighted by Gasteiger charge is -2.07. The average molecular weight is 207 g/mol. The summed E-state index contributed by atoms with van der Waals surface area (Å²) in [5.41, 5.74) is 6.09. The average Bonchev–Trinajstić information content (AvgIpc) is 1.99. The zero-order valence-electron chi connectivity index (χ0n) is 9.06. The van der Waals surface area contributed by atoms with Crippen LogP contribution in [0.4, 0.5) is 10.1 Å². The molecule has 0 spiro atoms. The van der Waals surface area contributed by atoms with E-state index >= 15 is 0 Å². The fraction of sp³-hybridized carbons (Fsp3) is 0.333. The first-order valence-corrected chi connectivity index (χ1v) is 4.61. The van der Waals surface area contributed by atoms with Gasteiger partial charge in [-0.1, -0.05) is 11.8 Å². The number of aliphatic hydroxyl groups is 1. The van der Waals surface area contributed by atoms with Gasteiger partial charge in [0.2, 0.25) is 0 Å². The van der Waals surface area contributed by atoms with Crippen molar-refractivity contribution >= 4 is 5.69 Å². The van der Waals surface area contributed by atoms with E-state index in [-0.39, 0.29) is 5.82 Å². The fourth-order valence-electron chi connectivity index (χ4n) is 1.16. The Hall–Kier alpha value is -1.53. The lowest BCUT2D eigenvalue weighted by atomic mass is 10.0. The molecule has 0 amide bonds. The number of anilines is 1. The summed E-state index contributed by atoms with van der Waals surface area (Å²) in [7, 11) is 0. The summed E-state index contributed by atoms with van der Waals surface area (Å²) >= 11 is 0. The molecule has 0 unspecified atom stereocenters. The van der Waals surface area contributed by atoms with E-state index in [2.05, 4.69) is 11.8 Å². The van der Waals surface area contributed by atoms with Gasteiger partial charge in [-0.25, -0.2) is 4.39 Å². The molecular formula is C12H14FNO. The molecule has 1 rings (SSSR count). The van der Waals surface area contributed by atoms with Gasteiger partial charge in [-0.2, -0.15) is 0 Å². The molecule has 80 valence electrons. The third-order valence-corrected chi connectivity index (χ3v) is 1.82. The number of halogens is 1. The largest absolute Gasteiger partial charge is 0.398 e. The third kappa shape index (κ3) is 3.26. The van der Waals surface area contributed by atoms with Gasteiger partial charge in [-0.15, -0.1) is 0 Å². The van der Waals surface area contributed by atoms with Crippen LogP contribution in [-0.2, 0) is 0 Å². The number of hydrogen-bond acceptors (Lipinski definition) is 2. The molecule has 0 bridgehead atoms. The first-order valence-electron chi connectivity index (χ1n) is 4.61. The Morgan fingerprint density at radius 1 is 1.40 bits per heavy atom. The SMILES string of the molecule is Cc1cc(F)cc(N)c1C#CC(C)(C)O. The van der Waals surface area contributed by atoms with Crippen molar-refractivity contribution in [3.05, 3.63) is 29.1 Å².